The molecular weight excluding hydrogens is 503 g/mol. The number of nitrogens with one attached hydrogen (secondary N) is 1. The van der Waals surface area contributed by atoms with Crippen LogP contribution >= 0.6 is 23.2 Å². The monoisotopic (exact) mass is 532 g/mol. The first-order valence-electron chi connectivity index (χ1n) is 12.0. The van der Waals surface area contributed by atoms with Crippen molar-refractivity contribution in [2.75, 3.05) is 13.2 Å². The van der Waals surface area contributed by atoms with E-state index in [1.54, 1.807) is 35.2 Å². The lowest BCUT2D eigenvalue weighted by atomic mass is 9.77. The molecule has 0 aromatic heterocycles. The number of fused-ring (bicyclic) bond motifs is 3. The van der Waals surface area contributed by atoms with Crippen LogP contribution in [0, 0.1) is 5.92 Å². The molecule has 0 saturated heterocycles. The van der Waals surface area contributed by atoms with Crippen molar-refractivity contribution in [1.82, 2.24) is 10.2 Å². The number of halogens is 2. The quantitative estimate of drug-likeness (QED) is 0.481. The zero-order valence-electron chi connectivity index (χ0n) is 20.2. The number of hydrogen-bond donors (Lipinski definition) is 3. The molecule has 4 unspecified atom stereocenters. The number of carbonyl (C=O) groups is 2. The van der Waals surface area contributed by atoms with E-state index < -0.39 is 24.2 Å². The summed E-state index contributed by atoms with van der Waals surface area (Å²) >= 11 is 12.5. The number of para-hydroxylation sites is 1. The Balaban J connectivity index is 1.77. The normalized spacial score (nSPS) is 22.4. The fourth-order valence-corrected chi connectivity index (χ4v) is 5.32. The van der Waals surface area contributed by atoms with Crippen molar-refractivity contribution in [3.8, 4) is 5.75 Å². The molecular formula is C27H30Cl2N2O5. The maximum absolute atomic E-state index is 13.5. The summed E-state index contributed by atoms with van der Waals surface area (Å²) in [5.74, 6) is -0.393. The smallest absolute Gasteiger partial charge is 0.247 e. The highest BCUT2D eigenvalue weighted by Crippen LogP contribution is 2.47. The van der Waals surface area contributed by atoms with E-state index >= 15 is 0 Å². The van der Waals surface area contributed by atoms with E-state index in [2.05, 4.69) is 5.32 Å². The molecule has 0 saturated carbocycles. The van der Waals surface area contributed by atoms with Crippen LogP contribution in [0.1, 0.15) is 37.3 Å². The van der Waals surface area contributed by atoms with Crippen LogP contribution in [0.4, 0.5) is 0 Å². The van der Waals surface area contributed by atoms with Crippen LogP contribution < -0.4 is 10.1 Å². The standard InChI is InChI=1S/C27H30Cl2N2O5/c1-15(2)11-23(33)31(14-16-7-8-17(28)12-20(16)29)21-13-19(27(35)30-9-10-32)24-18-5-3-4-6-22(18)36-26(24)25(21)34/h3-8,12-13,15,21,24-26,32,34H,9-11,14H2,1-2H3,(H,30,35). The van der Waals surface area contributed by atoms with Crippen LogP contribution in [0.2, 0.25) is 10.0 Å². The third kappa shape index (κ3) is 5.39. The average molecular weight is 533 g/mol. The highest BCUT2D eigenvalue weighted by molar-refractivity contribution is 6.35. The number of rotatable bonds is 8. The molecule has 2 aromatic carbocycles. The summed E-state index contributed by atoms with van der Waals surface area (Å²) in [7, 11) is 0. The summed E-state index contributed by atoms with van der Waals surface area (Å²) in [6.07, 6.45) is 0.0523. The van der Waals surface area contributed by atoms with Gasteiger partial charge < -0.3 is 25.2 Å². The van der Waals surface area contributed by atoms with Gasteiger partial charge in [-0.3, -0.25) is 9.59 Å². The first-order valence-corrected chi connectivity index (χ1v) is 12.7. The lowest BCUT2D eigenvalue weighted by Crippen LogP contribution is -2.55. The van der Waals surface area contributed by atoms with Gasteiger partial charge in [0.1, 0.15) is 18.0 Å². The fourth-order valence-electron chi connectivity index (χ4n) is 4.85. The molecule has 2 aromatic rings. The molecule has 9 heteroatoms. The molecule has 1 heterocycles. The number of hydrogen-bond acceptors (Lipinski definition) is 5. The maximum atomic E-state index is 13.5. The largest absolute Gasteiger partial charge is 0.486 e. The topological polar surface area (TPSA) is 99.1 Å². The van der Waals surface area contributed by atoms with Gasteiger partial charge in [-0.2, -0.15) is 0 Å². The van der Waals surface area contributed by atoms with E-state index in [-0.39, 0.29) is 43.8 Å². The first kappa shape index (κ1) is 26.5. The van der Waals surface area contributed by atoms with Crippen LogP contribution in [-0.4, -0.2) is 58.3 Å². The van der Waals surface area contributed by atoms with Gasteiger partial charge >= 0.3 is 0 Å². The van der Waals surface area contributed by atoms with Gasteiger partial charge in [-0.25, -0.2) is 0 Å². The van der Waals surface area contributed by atoms with Crippen molar-refractivity contribution < 1.29 is 24.5 Å². The van der Waals surface area contributed by atoms with Crippen molar-refractivity contribution in [3.63, 3.8) is 0 Å². The van der Waals surface area contributed by atoms with Gasteiger partial charge in [-0.15, -0.1) is 0 Å². The minimum Gasteiger partial charge on any atom is -0.486 e. The predicted octanol–water partition coefficient (Wildman–Crippen LogP) is 3.69. The molecule has 4 atom stereocenters. The molecule has 0 bridgehead atoms. The van der Waals surface area contributed by atoms with Gasteiger partial charge in [0.2, 0.25) is 11.8 Å². The first-order chi connectivity index (χ1) is 17.2. The third-order valence-electron chi connectivity index (χ3n) is 6.50. The minimum atomic E-state index is -1.10. The number of amides is 2. The number of benzene rings is 2. The van der Waals surface area contributed by atoms with E-state index in [1.165, 1.54) is 0 Å². The molecule has 2 amide bonds. The lowest BCUT2D eigenvalue weighted by Gasteiger charge is -2.41. The molecule has 36 heavy (non-hydrogen) atoms. The Morgan fingerprint density at radius 3 is 2.61 bits per heavy atom. The number of aliphatic hydroxyl groups excluding tert-OH is 2. The van der Waals surface area contributed by atoms with E-state index in [4.69, 9.17) is 27.9 Å². The molecule has 0 radical (unpaired) electrons. The number of ether oxygens (including phenoxy) is 1. The highest BCUT2D eigenvalue weighted by Gasteiger charge is 2.50. The Morgan fingerprint density at radius 2 is 1.92 bits per heavy atom. The Bertz CT molecular complexity index is 1170. The molecule has 1 aliphatic heterocycles. The van der Waals surface area contributed by atoms with Crippen molar-refractivity contribution in [2.24, 2.45) is 5.92 Å². The lowest BCUT2D eigenvalue weighted by molar-refractivity contribution is -0.138. The molecule has 2 aliphatic rings. The summed E-state index contributed by atoms with van der Waals surface area (Å²) < 4.78 is 6.14. The van der Waals surface area contributed by atoms with Crippen molar-refractivity contribution in [3.05, 3.63) is 75.3 Å². The minimum absolute atomic E-state index is 0.0810. The van der Waals surface area contributed by atoms with Gasteiger partial charge in [0.15, 0.2) is 0 Å². The van der Waals surface area contributed by atoms with Gasteiger partial charge in [0, 0.05) is 40.7 Å². The second kappa shape index (κ2) is 11.2. The van der Waals surface area contributed by atoms with Crippen LogP contribution in [0.15, 0.2) is 54.1 Å². The Hall–Kier alpha value is -2.58. The highest BCUT2D eigenvalue weighted by atomic mass is 35.5. The third-order valence-corrected chi connectivity index (χ3v) is 7.08. The van der Waals surface area contributed by atoms with Crippen molar-refractivity contribution >= 4 is 35.0 Å². The molecule has 3 N–H and O–H groups in total. The zero-order valence-corrected chi connectivity index (χ0v) is 21.7. The average Bonchev–Trinajstić information content (AvgIpc) is 3.22. The van der Waals surface area contributed by atoms with E-state index in [1.807, 2.05) is 32.0 Å². The van der Waals surface area contributed by atoms with Gasteiger partial charge in [-0.1, -0.05) is 61.3 Å². The molecule has 0 spiro atoms. The molecule has 0 fully saturated rings. The molecule has 192 valence electrons. The van der Waals surface area contributed by atoms with Gasteiger partial charge in [0.05, 0.1) is 18.6 Å². The number of nitrogens with zero attached hydrogens (tertiary/aromatic N) is 1. The zero-order chi connectivity index (χ0) is 26.0. The summed E-state index contributed by atoms with van der Waals surface area (Å²) in [6, 6.07) is 11.6. The summed E-state index contributed by atoms with van der Waals surface area (Å²) in [6.45, 7) is 3.88. The van der Waals surface area contributed by atoms with Crippen LogP contribution in [0.3, 0.4) is 0 Å². The second-order valence-corrected chi connectivity index (χ2v) is 10.4. The molecule has 7 nitrogen and oxygen atoms in total. The summed E-state index contributed by atoms with van der Waals surface area (Å²) in [4.78, 5) is 28.3. The van der Waals surface area contributed by atoms with Gasteiger partial charge in [-0.05, 0) is 35.8 Å². The number of aliphatic hydroxyl groups is 2. The van der Waals surface area contributed by atoms with Crippen LogP contribution in [0.5, 0.6) is 5.75 Å². The van der Waals surface area contributed by atoms with Crippen molar-refractivity contribution in [1.29, 1.82) is 0 Å². The van der Waals surface area contributed by atoms with Gasteiger partial charge in [0.25, 0.3) is 0 Å². The Kier molecular flexibility index (Phi) is 8.25. The van der Waals surface area contributed by atoms with E-state index in [0.717, 1.165) is 5.56 Å². The van der Waals surface area contributed by atoms with Crippen LogP contribution in [0.25, 0.3) is 0 Å². The Labute approximate surface area is 220 Å². The van der Waals surface area contributed by atoms with Crippen molar-refractivity contribution in [2.45, 2.75) is 51.0 Å². The molecule has 4 rings (SSSR count). The maximum Gasteiger partial charge on any atom is 0.247 e. The van der Waals surface area contributed by atoms with E-state index in [9.17, 15) is 19.8 Å². The predicted molar refractivity (Wildman–Crippen MR) is 138 cm³/mol. The second-order valence-electron chi connectivity index (χ2n) is 9.54. The summed E-state index contributed by atoms with van der Waals surface area (Å²) in [5.41, 5.74) is 1.85. The Morgan fingerprint density at radius 1 is 1.17 bits per heavy atom. The summed E-state index contributed by atoms with van der Waals surface area (Å²) in [5, 5.41) is 24.4. The van der Waals surface area contributed by atoms with Crippen LogP contribution in [-0.2, 0) is 16.1 Å². The fraction of sp³-hybridized carbons (Fsp3) is 0.407. The molecule has 1 aliphatic carbocycles. The number of carbonyl (C=O) groups excluding carboxylic acids is 2. The van der Waals surface area contributed by atoms with E-state index in [0.29, 0.717) is 26.9 Å². The SMILES string of the molecule is CC(C)CC(=O)N(Cc1ccc(Cl)cc1Cl)C1C=C(C(=O)NCCO)C2c3ccccc3OC2C1O.